The zero-order valence-electron chi connectivity index (χ0n) is 9.32. The summed E-state index contributed by atoms with van der Waals surface area (Å²) in [5.41, 5.74) is 5.29. The summed E-state index contributed by atoms with van der Waals surface area (Å²) in [5, 5.41) is 11.3. The normalized spacial score (nSPS) is 19.8. The number of urea groups is 1. The van der Waals surface area contributed by atoms with Gasteiger partial charge in [-0.05, 0) is 18.8 Å². The number of nitrogens with zero attached hydrogens (tertiary/aromatic N) is 1. The topological polar surface area (TPSA) is 95.7 Å². The highest BCUT2D eigenvalue weighted by Crippen LogP contribution is 2.20. The van der Waals surface area contributed by atoms with Crippen LogP contribution in [0.1, 0.15) is 19.3 Å². The molecule has 1 unspecified atom stereocenters. The summed E-state index contributed by atoms with van der Waals surface area (Å²) in [5.74, 6) is -0.453. The molecule has 16 heavy (non-hydrogen) atoms. The van der Waals surface area contributed by atoms with E-state index >= 15 is 0 Å². The molecule has 1 saturated heterocycles. The van der Waals surface area contributed by atoms with Crippen LogP contribution in [0.5, 0.6) is 0 Å². The Labute approximate surface area is 94.8 Å². The number of hydrogen-bond donors (Lipinski definition) is 3. The van der Waals surface area contributed by atoms with Crippen molar-refractivity contribution in [3.8, 4) is 0 Å². The quantitative estimate of drug-likeness (QED) is 0.610. The van der Waals surface area contributed by atoms with Crippen LogP contribution < -0.4 is 11.1 Å². The number of carbonyl (C=O) groups is 2. The van der Waals surface area contributed by atoms with Gasteiger partial charge in [0.2, 0.25) is 0 Å². The highest BCUT2D eigenvalue weighted by molar-refractivity contribution is 5.74. The Morgan fingerprint density at radius 2 is 2.25 bits per heavy atom. The third kappa shape index (κ3) is 4.06. The standard InChI is InChI=1S/C10H19N3O3/c11-4-5-12-10(16)13-6-3-8(7-13)1-2-9(14)15/h8H,1-7,11H2,(H,12,16)(H,14,15). The lowest BCUT2D eigenvalue weighted by Crippen LogP contribution is -2.40. The van der Waals surface area contributed by atoms with Gasteiger partial charge in [-0.3, -0.25) is 4.79 Å². The Kier molecular flexibility index (Phi) is 5.04. The van der Waals surface area contributed by atoms with Gasteiger partial charge in [0.25, 0.3) is 0 Å². The van der Waals surface area contributed by atoms with Gasteiger partial charge in [-0.15, -0.1) is 0 Å². The molecule has 1 aliphatic heterocycles. The molecule has 92 valence electrons. The van der Waals surface area contributed by atoms with Gasteiger partial charge >= 0.3 is 12.0 Å². The second-order valence-electron chi connectivity index (χ2n) is 4.05. The van der Waals surface area contributed by atoms with E-state index in [1.807, 2.05) is 0 Å². The van der Waals surface area contributed by atoms with Crippen LogP contribution in [0.3, 0.4) is 0 Å². The van der Waals surface area contributed by atoms with E-state index in [0.29, 0.717) is 38.5 Å². The maximum Gasteiger partial charge on any atom is 0.317 e. The number of rotatable bonds is 5. The molecular weight excluding hydrogens is 210 g/mol. The molecule has 0 saturated carbocycles. The molecule has 6 nitrogen and oxygen atoms in total. The van der Waals surface area contributed by atoms with Crippen LogP contribution in [0, 0.1) is 5.92 Å². The van der Waals surface area contributed by atoms with E-state index in [9.17, 15) is 9.59 Å². The van der Waals surface area contributed by atoms with E-state index in [4.69, 9.17) is 10.8 Å². The van der Waals surface area contributed by atoms with Crippen molar-refractivity contribution in [2.24, 2.45) is 11.7 Å². The van der Waals surface area contributed by atoms with Crippen molar-refractivity contribution >= 4 is 12.0 Å². The summed E-state index contributed by atoms with van der Waals surface area (Å²) in [6, 6.07) is -0.0942. The van der Waals surface area contributed by atoms with E-state index in [1.165, 1.54) is 0 Å². The minimum Gasteiger partial charge on any atom is -0.481 e. The van der Waals surface area contributed by atoms with Crippen LogP contribution in [-0.4, -0.2) is 48.2 Å². The molecule has 1 aliphatic rings. The molecular formula is C10H19N3O3. The first-order valence-corrected chi connectivity index (χ1v) is 5.58. The molecule has 0 spiro atoms. The average Bonchev–Trinajstić information content (AvgIpc) is 2.71. The lowest BCUT2D eigenvalue weighted by atomic mass is 10.0. The van der Waals surface area contributed by atoms with E-state index < -0.39 is 5.97 Å². The molecule has 2 amide bonds. The molecule has 4 N–H and O–H groups in total. The number of nitrogens with one attached hydrogen (secondary N) is 1. The van der Waals surface area contributed by atoms with Crippen LogP contribution in [0.4, 0.5) is 4.79 Å². The second kappa shape index (κ2) is 6.32. The summed E-state index contributed by atoms with van der Waals surface area (Å²) in [4.78, 5) is 23.7. The number of carboxylic acids is 1. The molecule has 0 aromatic rings. The molecule has 0 radical (unpaired) electrons. The van der Waals surface area contributed by atoms with Gasteiger partial charge in [0.1, 0.15) is 0 Å². The third-order valence-corrected chi connectivity index (χ3v) is 2.76. The fourth-order valence-electron chi connectivity index (χ4n) is 1.87. The first-order chi connectivity index (χ1) is 7.63. The van der Waals surface area contributed by atoms with Crippen LogP contribution in [0.2, 0.25) is 0 Å². The average molecular weight is 229 g/mol. The first kappa shape index (κ1) is 12.8. The van der Waals surface area contributed by atoms with Crippen LogP contribution in [0.25, 0.3) is 0 Å². The van der Waals surface area contributed by atoms with Gasteiger partial charge in [0.15, 0.2) is 0 Å². The van der Waals surface area contributed by atoms with Crippen LogP contribution in [-0.2, 0) is 4.79 Å². The summed E-state index contributed by atoms with van der Waals surface area (Å²) >= 11 is 0. The molecule has 0 aliphatic carbocycles. The first-order valence-electron chi connectivity index (χ1n) is 5.58. The molecule has 1 atom stereocenters. The van der Waals surface area contributed by atoms with Crippen molar-refractivity contribution < 1.29 is 14.7 Å². The van der Waals surface area contributed by atoms with Gasteiger partial charge < -0.3 is 21.1 Å². The van der Waals surface area contributed by atoms with Crippen LogP contribution >= 0.6 is 0 Å². The van der Waals surface area contributed by atoms with E-state index in [-0.39, 0.29) is 12.5 Å². The number of hydrogen-bond acceptors (Lipinski definition) is 3. The Bertz CT molecular complexity index is 258. The number of nitrogens with two attached hydrogens (primary N) is 1. The maximum atomic E-state index is 11.5. The minimum atomic E-state index is -0.772. The number of carbonyl (C=O) groups excluding carboxylic acids is 1. The molecule has 1 rings (SSSR count). The number of likely N-dealkylation sites (tertiary alicyclic amines) is 1. The zero-order valence-corrected chi connectivity index (χ0v) is 9.32. The molecule has 0 aromatic heterocycles. The van der Waals surface area contributed by atoms with E-state index in [1.54, 1.807) is 4.90 Å². The molecule has 0 aromatic carbocycles. The highest BCUT2D eigenvalue weighted by Gasteiger charge is 2.25. The lowest BCUT2D eigenvalue weighted by Gasteiger charge is -2.16. The van der Waals surface area contributed by atoms with Gasteiger partial charge in [0, 0.05) is 32.6 Å². The zero-order chi connectivity index (χ0) is 12.0. The summed E-state index contributed by atoms with van der Waals surface area (Å²) in [6.45, 7) is 2.28. The molecule has 1 heterocycles. The molecule has 6 heteroatoms. The lowest BCUT2D eigenvalue weighted by molar-refractivity contribution is -0.137. The summed E-state index contributed by atoms with van der Waals surface area (Å²) in [6.07, 6.45) is 1.72. The fourth-order valence-corrected chi connectivity index (χ4v) is 1.87. The summed E-state index contributed by atoms with van der Waals surface area (Å²) < 4.78 is 0. The monoisotopic (exact) mass is 229 g/mol. The van der Waals surface area contributed by atoms with Crippen molar-refractivity contribution in [1.82, 2.24) is 10.2 Å². The van der Waals surface area contributed by atoms with E-state index in [2.05, 4.69) is 5.32 Å². The summed E-state index contributed by atoms with van der Waals surface area (Å²) in [7, 11) is 0. The predicted molar refractivity (Wildman–Crippen MR) is 59.0 cm³/mol. The van der Waals surface area contributed by atoms with Crippen molar-refractivity contribution in [2.75, 3.05) is 26.2 Å². The van der Waals surface area contributed by atoms with Gasteiger partial charge in [-0.1, -0.05) is 0 Å². The van der Waals surface area contributed by atoms with Gasteiger partial charge in [-0.2, -0.15) is 0 Å². The fraction of sp³-hybridized carbons (Fsp3) is 0.800. The SMILES string of the molecule is NCCNC(=O)N1CCC(CCC(=O)O)C1. The van der Waals surface area contributed by atoms with Crippen molar-refractivity contribution in [3.63, 3.8) is 0 Å². The number of amides is 2. The predicted octanol–water partition coefficient (Wildman–Crippen LogP) is -0.159. The van der Waals surface area contributed by atoms with Crippen molar-refractivity contribution in [2.45, 2.75) is 19.3 Å². The van der Waals surface area contributed by atoms with Gasteiger partial charge in [0.05, 0.1) is 0 Å². The molecule has 1 fully saturated rings. The highest BCUT2D eigenvalue weighted by atomic mass is 16.4. The smallest absolute Gasteiger partial charge is 0.317 e. The Morgan fingerprint density at radius 3 is 2.88 bits per heavy atom. The Morgan fingerprint density at radius 1 is 1.50 bits per heavy atom. The maximum absolute atomic E-state index is 11.5. The second-order valence-corrected chi connectivity index (χ2v) is 4.05. The largest absolute Gasteiger partial charge is 0.481 e. The number of aliphatic carboxylic acids is 1. The number of carboxylic acid groups (broad SMARTS) is 1. The van der Waals surface area contributed by atoms with Crippen molar-refractivity contribution in [1.29, 1.82) is 0 Å². The Hall–Kier alpha value is -1.30. The van der Waals surface area contributed by atoms with Crippen LogP contribution in [0.15, 0.2) is 0 Å². The van der Waals surface area contributed by atoms with Gasteiger partial charge in [-0.25, -0.2) is 4.79 Å². The minimum absolute atomic E-state index is 0.0942. The third-order valence-electron chi connectivity index (χ3n) is 2.76. The van der Waals surface area contributed by atoms with E-state index in [0.717, 1.165) is 6.42 Å². The Balaban J connectivity index is 2.23. The van der Waals surface area contributed by atoms with Crippen molar-refractivity contribution in [3.05, 3.63) is 0 Å². The molecule has 0 bridgehead atoms.